The number of hydrogen-bond donors (Lipinski definition) is 1. The van der Waals surface area contributed by atoms with E-state index in [0.29, 0.717) is 5.56 Å². The normalized spacial score (nSPS) is 19.7. The molecule has 1 aliphatic heterocycles. The van der Waals surface area contributed by atoms with E-state index >= 15 is 0 Å². The smallest absolute Gasteiger partial charge is 0.380 e. The third-order valence-corrected chi connectivity index (χ3v) is 2.43. The Morgan fingerprint density at radius 1 is 1.13 bits per heavy atom. The van der Waals surface area contributed by atoms with Gasteiger partial charge < -0.3 is 9.84 Å². The van der Waals surface area contributed by atoms with Crippen LogP contribution < -0.4 is 0 Å². The molecule has 82 valence electrons. The van der Waals surface area contributed by atoms with Gasteiger partial charge in [-0.1, -0.05) is 12.1 Å². The molecule has 5 heteroatoms. The standard InChI is InChI=1S/C10H9F3O2/c11-10(12,13)8-3-1-7(2-4-8)9(14)5-15-6-9/h1-4,14H,5-6H2. The molecule has 0 spiro atoms. The molecule has 0 aliphatic carbocycles. The molecule has 1 heterocycles. The number of ether oxygens (including phenoxy) is 1. The molecule has 1 aromatic carbocycles. The Morgan fingerprint density at radius 3 is 2.00 bits per heavy atom. The summed E-state index contributed by atoms with van der Waals surface area (Å²) in [6, 6.07) is 4.49. The number of alkyl halides is 3. The first-order valence-corrected chi connectivity index (χ1v) is 4.40. The van der Waals surface area contributed by atoms with Crippen LogP contribution in [0.5, 0.6) is 0 Å². The lowest BCUT2D eigenvalue weighted by atomic mass is 9.91. The molecule has 1 saturated heterocycles. The highest BCUT2D eigenvalue weighted by atomic mass is 19.4. The molecule has 1 N–H and O–H groups in total. The second-order valence-corrected chi connectivity index (χ2v) is 3.60. The van der Waals surface area contributed by atoms with Crippen molar-refractivity contribution in [3.8, 4) is 0 Å². The highest BCUT2D eigenvalue weighted by Crippen LogP contribution is 2.33. The Morgan fingerprint density at radius 2 is 1.67 bits per heavy atom. The SMILES string of the molecule is OC1(c2ccc(C(F)(F)F)cc2)COC1. The van der Waals surface area contributed by atoms with Gasteiger partial charge in [0.2, 0.25) is 0 Å². The summed E-state index contributed by atoms with van der Waals surface area (Å²) in [5.41, 5.74) is -1.36. The molecule has 0 aromatic heterocycles. The third-order valence-electron chi connectivity index (χ3n) is 2.43. The molecule has 0 unspecified atom stereocenters. The predicted octanol–water partition coefficient (Wildman–Crippen LogP) is 1.92. The first kappa shape index (κ1) is 10.4. The molecule has 0 radical (unpaired) electrons. The van der Waals surface area contributed by atoms with E-state index < -0.39 is 17.3 Å². The second kappa shape index (κ2) is 3.21. The van der Waals surface area contributed by atoms with Crippen LogP contribution in [0.1, 0.15) is 11.1 Å². The molecule has 2 nitrogen and oxygen atoms in total. The number of hydrogen-bond acceptors (Lipinski definition) is 2. The zero-order chi connectivity index (χ0) is 11.1. The summed E-state index contributed by atoms with van der Waals surface area (Å²) in [6.07, 6.45) is -4.34. The molecule has 1 aromatic rings. The van der Waals surface area contributed by atoms with E-state index in [1.165, 1.54) is 12.1 Å². The molecule has 0 amide bonds. The van der Waals surface area contributed by atoms with E-state index in [2.05, 4.69) is 0 Å². The van der Waals surface area contributed by atoms with Crippen molar-refractivity contribution >= 4 is 0 Å². The van der Waals surface area contributed by atoms with Crippen molar-refractivity contribution in [3.05, 3.63) is 35.4 Å². The van der Waals surface area contributed by atoms with Crippen LogP contribution in [0.15, 0.2) is 24.3 Å². The molecule has 0 bridgehead atoms. The van der Waals surface area contributed by atoms with Crippen LogP contribution in [0.3, 0.4) is 0 Å². The van der Waals surface area contributed by atoms with Crippen LogP contribution in [0.25, 0.3) is 0 Å². The van der Waals surface area contributed by atoms with E-state index in [1.807, 2.05) is 0 Å². The van der Waals surface area contributed by atoms with Crippen molar-refractivity contribution in [3.63, 3.8) is 0 Å². The summed E-state index contributed by atoms with van der Waals surface area (Å²) in [5, 5.41) is 9.77. The lowest BCUT2D eigenvalue weighted by Gasteiger charge is -2.36. The van der Waals surface area contributed by atoms with Crippen molar-refractivity contribution in [1.29, 1.82) is 0 Å². The van der Waals surface area contributed by atoms with E-state index in [-0.39, 0.29) is 13.2 Å². The largest absolute Gasteiger partial charge is 0.416 e. The van der Waals surface area contributed by atoms with Gasteiger partial charge in [0.25, 0.3) is 0 Å². The maximum Gasteiger partial charge on any atom is 0.416 e. The van der Waals surface area contributed by atoms with Gasteiger partial charge in [0.1, 0.15) is 5.60 Å². The van der Waals surface area contributed by atoms with E-state index in [4.69, 9.17) is 4.74 Å². The number of aliphatic hydroxyl groups is 1. The Labute approximate surface area is 84.3 Å². The highest BCUT2D eigenvalue weighted by molar-refractivity contribution is 5.29. The monoisotopic (exact) mass is 218 g/mol. The van der Waals surface area contributed by atoms with Gasteiger partial charge in [0, 0.05) is 0 Å². The van der Waals surface area contributed by atoms with Crippen molar-refractivity contribution in [2.45, 2.75) is 11.8 Å². The first-order chi connectivity index (χ1) is 6.92. The lowest BCUT2D eigenvalue weighted by molar-refractivity contribution is -0.184. The van der Waals surface area contributed by atoms with Gasteiger partial charge in [-0.25, -0.2) is 0 Å². The molecule has 0 atom stereocenters. The van der Waals surface area contributed by atoms with E-state index in [1.54, 1.807) is 0 Å². The molecule has 0 saturated carbocycles. The van der Waals surface area contributed by atoms with Crippen molar-refractivity contribution < 1.29 is 23.0 Å². The number of rotatable bonds is 1. The predicted molar refractivity (Wildman–Crippen MR) is 46.2 cm³/mol. The topological polar surface area (TPSA) is 29.5 Å². The van der Waals surface area contributed by atoms with Gasteiger partial charge in [-0.15, -0.1) is 0 Å². The molecular weight excluding hydrogens is 209 g/mol. The summed E-state index contributed by atoms with van der Waals surface area (Å²) >= 11 is 0. The Balaban J connectivity index is 2.24. The van der Waals surface area contributed by atoms with Crippen molar-refractivity contribution in [1.82, 2.24) is 0 Å². The fourth-order valence-corrected chi connectivity index (χ4v) is 1.43. The maximum atomic E-state index is 12.2. The van der Waals surface area contributed by atoms with Crippen LogP contribution >= 0.6 is 0 Å². The first-order valence-electron chi connectivity index (χ1n) is 4.40. The zero-order valence-electron chi connectivity index (χ0n) is 7.71. The summed E-state index contributed by atoms with van der Waals surface area (Å²) in [7, 11) is 0. The quantitative estimate of drug-likeness (QED) is 0.780. The van der Waals surface area contributed by atoms with Gasteiger partial charge in [0.05, 0.1) is 18.8 Å². The van der Waals surface area contributed by atoms with E-state index in [9.17, 15) is 18.3 Å². The molecular formula is C10H9F3O2. The van der Waals surface area contributed by atoms with Crippen LogP contribution in [-0.2, 0) is 16.5 Å². The fraction of sp³-hybridized carbons (Fsp3) is 0.400. The van der Waals surface area contributed by atoms with Gasteiger partial charge in [0.15, 0.2) is 0 Å². The summed E-state index contributed by atoms with van der Waals surface area (Å²) in [5.74, 6) is 0. The van der Waals surface area contributed by atoms with Crippen LogP contribution in [0.2, 0.25) is 0 Å². The number of halogens is 3. The third kappa shape index (κ3) is 1.85. The van der Waals surface area contributed by atoms with Crippen LogP contribution in [0.4, 0.5) is 13.2 Å². The molecule has 15 heavy (non-hydrogen) atoms. The van der Waals surface area contributed by atoms with Gasteiger partial charge in [-0.2, -0.15) is 13.2 Å². The maximum absolute atomic E-state index is 12.2. The Kier molecular flexibility index (Phi) is 2.24. The van der Waals surface area contributed by atoms with Crippen molar-refractivity contribution in [2.24, 2.45) is 0 Å². The minimum atomic E-state index is -4.34. The number of benzene rings is 1. The second-order valence-electron chi connectivity index (χ2n) is 3.60. The van der Waals surface area contributed by atoms with Crippen LogP contribution in [-0.4, -0.2) is 18.3 Å². The van der Waals surface area contributed by atoms with Gasteiger partial charge in [-0.05, 0) is 17.7 Å². The fourth-order valence-electron chi connectivity index (χ4n) is 1.43. The zero-order valence-corrected chi connectivity index (χ0v) is 7.71. The van der Waals surface area contributed by atoms with E-state index in [0.717, 1.165) is 12.1 Å². The lowest BCUT2D eigenvalue weighted by Crippen LogP contribution is -2.46. The molecule has 1 aliphatic rings. The minimum absolute atomic E-state index is 0.137. The summed E-state index contributed by atoms with van der Waals surface area (Å²) in [6.45, 7) is 0.275. The Hall–Kier alpha value is -1.07. The minimum Gasteiger partial charge on any atom is -0.380 e. The summed E-state index contributed by atoms with van der Waals surface area (Å²) in [4.78, 5) is 0. The van der Waals surface area contributed by atoms with Crippen LogP contribution in [0, 0.1) is 0 Å². The van der Waals surface area contributed by atoms with Crippen molar-refractivity contribution in [2.75, 3.05) is 13.2 Å². The highest BCUT2D eigenvalue weighted by Gasteiger charge is 2.38. The average Bonchev–Trinajstić information content (AvgIpc) is 2.13. The van der Waals surface area contributed by atoms with Gasteiger partial charge in [-0.3, -0.25) is 0 Å². The van der Waals surface area contributed by atoms with Gasteiger partial charge >= 0.3 is 6.18 Å². The Bertz CT molecular complexity index is 352. The summed E-state index contributed by atoms with van der Waals surface area (Å²) < 4.78 is 41.5. The molecule has 1 fully saturated rings. The average molecular weight is 218 g/mol. The molecule has 2 rings (SSSR count).